The number of halogens is 1. The molecule has 0 aliphatic carbocycles. The van der Waals surface area contributed by atoms with Crippen molar-refractivity contribution in [2.75, 3.05) is 5.32 Å². The molecule has 0 saturated heterocycles. The number of hydrogen-bond acceptors (Lipinski definition) is 5. The Bertz CT molecular complexity index is 802. The average molecular weight is 336 g/mol. The van der Waals surface area contributed by atoms with Crippen LogP contribution in [0.25, 0.3) is 11.0 Å². The second-order valence-electron chi connectivity index (χ2n) is 4.45. The lowest BCUT2D eigenvalue weighted by Gasteiger charge is -2.08. The average Bonchev–Trinajstić information content (AvgIpc) is 2.93. The van der Waals surface area contributed by atoms with Crippen molar-refractivity contribution in [2.24, 2.45) is 0 Å². The maximum atomic E-state index is 12.2. The molecule has 0 bridgehead atoms. The summed E-state index contributed by atoms with van der Waals surface area (Å²) in [5.41, 5.74) is 2.76. The minimum Gasteiger partial charge on any atom is -0.323 e. The molecule has 3 aromatic rings. The van der Waals surface area contributed by atoms with E-state index in [4.69, 9.17) is 11.6 Å². The quantitative estimate of drug-likeness (QED) is 0.715. The Hall–Kier alpha value is -1.63. The first-order valence-electron chi connectivity index (χ1n) is 6.12. The van der Waals surface area contributed by atoms with E-state index in [2.05, 4.69) is 26.7 Å². The number of nitrogens with zero attached hydrogens (tertiary/aromatic N) is 2. The smallest absolute Gasteiger partial charge is 0.228 e. The maximum absolute atomic E-state index is 12.2. The first-order chi connectivity index (χ1) is 10.1. The summed E-state index contributed by atoms with van der Waals surface area (Å²) in [5, 5.41) is 3.27. The molecule has 106 valence electrons. The first kappa shape index (κ1) is 14.3. The second-order valence-corrected chi connectivity index (χ2v) is 5.90. The number of aromatic nitrogens is 2. The van der Waals surface area contributed by atoms with Gasteiger partial charge in [0.1, 0.15) is 11.0 Å². The Morgan fingerprint density at radius 3 is 2.71 bits per heavy atom. The lowest BCUT2D eigenvalue weighted by molar-refractivity contribution is -0.115. The molecule has 0 saturated carbocycles. The van der Waals surface area contributed by atoms with Crippen LogP contribution in [0.3, 0.4) is 0 Å². The van der Waals surface area contributed by atoms with Crippen LogP contribution in [0.1, 0.15) is 5.56 Å². The molecule has 1 heterocycles. The number of hydrogen-bond donors (Lipinski definition) is 2. The van der Waals surface area contributed by atoms with E-state index in [0.717, 1.165) is 27.7 Å². The van der Waals surface area contributed by atoms with Crippen LogP contribution in [-0.2, 0) is 11.2 Å². The van der Waals surface area contributed by atoms with Crippen molar-refractivity contribution in [2.45, 2.75) is 11.3 Å². The highest BCUT2D eigenvalue weighted by Crippen LogP contribution is 2.30. The molecule has 0 aliphatic rings. The molecule has 2 aromatic carbocycles. The number of carbonyl (C=O) groups is 1. The van der Waals surface area contributed by atoms with Gasteiger partial charge in [-0.2, -0.15) is 8.75 Å². The van der Waals surface area contributed by atoms with Gasteiger partial charge in [0.15, 0.2) is 0 Å². The SMILES string of the molecule is O=C(Cc1ccc(S)cc1)Nc1c(Cl)ccc2nsnc12. The number of rotatable bonds is 3. The number of nitrogens with one attached hydrogen (secondary N) is 1. The van der Waals surface area contributed by atoms with E-state index in [9.17, 15) is 4.79 Å². The van der Waals surface area contributed by atoms with Crippen molar-refractivity contribution < 1.29 is 4.79 Å². The standard InChI is InChI=1S/C14H10ClN3OS2/c15-10-5-6-11-14(18-21-17-11)13(10)16-12(19)7-8-1-3-9(20)4-2-8/h1-6,20H,7H2,(H,16,19). The largest absolute Gasteiger partial charge is 0.323 e. The summed E-state index contributed by atoms with van der Waals surface area (Å²) in [6.45, 7) is 0. The van der Waals surface area contributed by atoms with Gasteiger partial charge in [0.05, 0.1) is 28.9 Å². The number of anilines is 1. The van der Waals surface area contributed by atoms with Gasteiger partial charge in [0, 0.05) is 4.90 Å². The van der Waals surface area contributed by atoms with E-state index in [-0.39, 0.29) is 12.3 Å². The zero-order valence-corrected chi connectivity index (χ0v) is 13.2. The van der Waals surface area contributed by atoms with Crippen molar-refractivity contribution >= 4 is 58.6 Å². The van der Waals surface area contributed by atoms with Crippen molar-refractivity contribution in [1.29, 1.82) is 0 Å². The van der Waals surface area contributed by atoms with Crippen LogP contribution in [0.4, 0.5) is 5.69 Å². The predicted molar refractivity (Wildman–Crippen MR) is 88.5 cm³/mol. The molecule has 0 unspecified atom stereocenters. The minimum atomic E-state index is -0.149. The topological polar surface area (TPSA) is 54.9 Å². The van der Waals surface area contributed by atoms with Gasteiger partial charge in [0.25, 0.3) is 0 Å². The summed E-state index contributed by atoms with van der Waals surface area (Å²) in [4.78, 5) is 13.0. The van der Waals surface area contributed by atoms with Crippen LogP contribution in [-0.4, -0.2) is 14.7 Å². The van der Waals surface area contributed by atoms with Crippen molar-refractivity contribution in [3.05, 3.63) is 47.0 Å². The molecule has 0 fully saturated rings. The van der Waals surface area contributed by atoms with Crippen LogP contribution in [0.15, 0.2) is 41.3 Å². The Kier molecular flexibility index (Phi) is 4.10. The van der Waals surface area contributed by atoms with E-state index in [1.165, 1.54) is 0 Å². The van der Waals surface area contributed by atoms with Gasteiger partial charge in [0.2, 0.25) is 5.91 Å². The molecule has 7 heteroatoms. The summed E-state index contributed by atoms with van der Waals surface area (Å²) in [5.74, 6) is -0.149. The van der Waals surface area contributed by atoms with Gasteiger partial charge in [-0.3, -0.25) is 4.79 Å². The highest BCUT2D eigenvalue weighted by Gasteiger charge is 2.13. The second kappa shape index (κ2) is 6.01. The number of carbonyl (C=O) groups excluding carboxylic acids is 1. The molecule has 4 nitrogen and oxygen atoms in total. The Morgan fingerprint density at radius 1 is 1.19 bits per heavy atom. The van der Waals surface area contributed by atoms with Crippen LogP contribution in [0, 0.1) is 0 Å². The molecule has 3 rings (SSSR count). The highest BCUT2D eigenvalue weighted by molar-refractivity contribution is 7.80. The van der Waals surface area contributed by atoms with Crippen LogP contribution >= 0.6 is 36.0 Å². The van der Waals surface area contributed by atoms with Gasteiger partial charge in [-0.25, -0.2) is 0 Å². The van der Waals surface area contributed by atoms with E-state index in [1.807, 2.05) is 24.3 Å². The van der Waals surface area contributed by atoms with Gasteiger partial charge >= 0.3 is 0 Å². The fourth-order valence-corrected chi connectivity index (χ4v) is 2.82. The summed E-state index contributed by atoms with van der Waals surface area (Å²) >= 11 is 11.4. The zero-order chi connectivity index (χ0) is 14.8. The third-order valence-electron chi connectivity index (χ3n) is 2.94. The van der Waals surface area contributed by atoms with Crippen LogP contribution in [0.5, 0.6) is 0 Å². The molecule has 0 spiro atoms. The highest BCUT2D eigenvalue weighted by atomic mass is 35.5. The van der Waals surface area contributed by atoms with Crippen molar-refractivity contribution in [3.8, 4) is 0 Å². The lowest BCUT2D eigenvalue weighted by Crippen LogP contribution is -2.15. The van der Waals surface area contributed by atoms with Gasteiger partial charge in [-0.1, -0.05) is 23.7 Å². The Balaban J connectivity index is 1.81. The number of thiol groups is 1. The molecule has 1 amide bonds. The summed E-state index contributed by atoms with van der Waals surface area (Å²) in [7, 11) is 0. The fourth-order valence-electron chi connectivity index (χ4n) is 1.93. The summed E-state index contributed by atoms with van der Waals surface area (Å²) in [6, 6.07) is 10.9. The normalized spacial score (nSPS) is 10.8. The van der Waals surface area contributed by atoms with E-state index < -0.39 is 0 Å². The van der Waals surface area contributed by atoms with Crippen LogP contribution in [0.2, 0.25) is 5.02 Å². The summed E-state index contributed by atoms with van der Waals surface area (Å²) < 4.78 is 8.31. The molecule has 0 aliphatic heterocycles. The predicted octanol–water partition coefficient (Wildman–Crippen LogP) is 3.81. The molecular formula is C14H10ClN3OS2. The monoisotopic (exact) mass is 335 g/mol. The molecule has 21 heavy (non-hydrogen) atoms. The lowest BCUT2D eigenvalue weighted by atomic mass is 10.1. The van der Waals surface area contributed by atoms with Crippen LogP contribution < -0.4 is 5.32 Å². The van der Waals surface area contributed by atoms with E-state index in [0.29, 0.717) is 16.2 Å². The Morgan fingerprint density at radius 2 is 1.95 bits per heavy atom. The Labute approximate surface area is 135 Å². The van der Waals surface area contributed by atoms with Gasteiger partial charge in [-0.15, -0.1) is 12.6 Å². The number of fused-ring (bicyclic) bond motifs is 1. The first-order valence-corrected chi connectivity index (χ1v) is 7.67. The maximum Gasteiger partial charge on any atom is 0.228 e. The minimum absolute atomic E-state index is 0.149. The molecule has 1 N–H and O–H groups in total. The van der Waals surface area contributed by atoms with Gasteiger partial charge in [-0.05, 0) is 29.8 Å². The van der Waals surface area contributed by atoms with Gasteiger partial charge < -0.3 is 5.32 Å². The summed E-state index contributed by atoms with van der Waals surface area (Å²) in [6.07, 6.45) is 0.262. The molecule has 1 aromatic heterocycles. The number of benzene rings is 2. The van der Waals surface area contributed by atoms with Crippen molar-refractivity contribution in [3.63, 3.8) is 0 Å². The zero-order valence-electron chi connectivity index (χ0n) is 10.7. The molecule has 0 radical (unpaired) electrons. The third-order valence-corrected chi connectivity index (χ3v) is 4.10. The fraction of sp³-hybridized carbons (Fsp3) is 0.0714. The number of amides is 1. The van der Waals surface area contributed by atoms with E-state index in [1.54, 1.807) is 12.1 Å². The van der Waals surface area contributed by atoms with Crippen molar-refractivity contribution in [1.82, 2.24) is 8.75 Å². The third kappa shape index (κ3) is 3.18. The molecule has 0 atom stereocenters. The molecular weight excluding hydrogens is 326 g/mol. The van der Waals surface area contributed by atoms with E-state index >= 15 is 0 Å².